The molecule has 2 rings (SSSR count). The average molecular weight is 290 g/mol. The Morgan fingerprint density at radius 3 is 2.70 bits per heavy atom. The molecule has 0 atom stereocenters. The number of pyridine rings is 1. The van der Waals surface area contributed by atoms with Gasteiger partial charge in [-0.25, -0.2) is 4.98 Å². The van der Waals surface area contributed by atoms with Crippen LogP contribution >= 0.6 is 11.3 Å². The van der Waals surface area contributed by atoms with Gasteiger partial charge in [0.1, 0.15) is 5.60 Å². The molecule has 3 nitrogen and oxygen atoms in total. The second-order valence-electron chi connectivity index (χ2n) is 6.07. The first-order valence-corrected chi connectivity index (χ1v) is 7.78. The van der Waals surface area contributed by atoms with E-state index in [0.29, 0.717) is 11.6 Å². The van der Waals surface area contributed by atoms with Gasteiger partial charge in [-0.3, -0.25) is 4.98 Å². The number of aromatic nitrogens is 2. The van der Waals surface area contributed by atoms with Gasteiger partial charge in [0.15, 0.2) is 0 Å². The Kier molecular flexibility index (Phi) is 4.55. The zero-order chi connectivity index (χ0) is 14.8. The quantitative estimate of drug-likeness (QED) is 0.916. The van der Waals surface area contributed by atoms with E-state index in [-0.39, 0.29) is 0 Å². The highest BCUT2D eigenvalue weighted by Crippen LogP contribution is 2.21. The molecule has 0 saturated heterocycles. The SMILES string of the molecule is CC(C)Cc1ncc(Cc2cccc(C(C)(C)O)n2)s1. The van der Waals surface area contributed by atoms with E-state index in [0.717, 1.165) is 18.5 Å². The lowest BCUT2D eigenvalue weighted by molar-refractivity contribution is 0.0736. The van der Waals surface area contributed by atoms with Crippen LogP contribution in [0, 0.1) is 5.92 Å². The van der Waals surface area contributed by atoms with E-state index in [1.165, 1.54) is 9.88 Å². The molecule has 0 saturated carbocycles. The van der Waals surface area contributed by atoms with Gasteiger partial charge in [-0.05, 0) is 31.9 Å². The van der Waals surface area contributed by atoms with E-state index < -0.39 is 5.60 Å². The fourth-order valence-electron chi connectivity index (χ4n) is 1.97. The highest BCUT2D eigenvalue weighted by Gasteiger charge is 2.17. The molecule has 1 N–H and O–H groups in total. The van der Waals surface area contributed by atoms with Crippen LogP contribution in [0.15, 0.2) is 24.4 Å². The minimum Gasteiger partial charge on any atom is -0.384 e. The number of nitrogens with zero attached hydrogens (tertiary/aromatic N) is 2. The third-order valence-corrected chi connectivity index (χ3v) is 3.99. The lowest BCUT2D eigenvalue weighted by Crippen LogP contribution is -2.18. The summed E-state index contributed by atoms with van der Waals surface area (Å²) in [6.45, 7) is 7.92. The molecule has 0 radical (unpaired) electrons. The predicted octanol–water partition coefficient (Wildman–Crippen LogP) is 3.55. The van der Waals surface area contributed by atoms with E-state index in [1.54, 1.807) is 25.2 Å². The molecule has 0 fully saturated rings. The summed E-state index contributed by atoms with van der Waals surface area (Å²) in [6.07, 6.45) is 3.75. The molecule has 20 heavy (non-hydrogen) atoms. The third kappa shape index (κ3) is 4.12. The number of aliphatic hydroxyl groups is 1. The zero-order valence-electron chi connectivity index (χ0n) is 12.6. The standard InChI is InChI=1S/C16H22N2OS/c1-11(2)8-15-17-10-13(20-15)9-12-6-5-7-14(18-12)16(3,4)19/h5-7,10-11,19H,8-9H2,1-4H3. The van der Waals surface area contributed by atoms with Gasteiger partial charge in [0, 0.05) is 29.6 Å². The molecule has 0 aliphatic carbocycles. The molecule has 2 aromatic heterocycles. The van der Waals surface area contributed by atoms with Crippen molar-refractivity contribution in [1.29, 1.82) is 0 Å². The van der Waals surface area contributed by atoms with Gasteiger partial charge in [-0.15, -0.1) is 11.3 Å². The van der Waals surface area contributed by atoms with Gasteiger partial charge in [-0.1, -0.05) is 19.9 Å². The van der Waals surface area contributed by atoms with Crippen LogP contribution in [-0.2, 0) is 18.4 Å². The molecule has 2 aromatic rings. The Morgan fingerprint density at radius 2 is 2.05 bits per heavy atom. The summed E-state index contributed by atoms with van der Waals surface area (Å²) in [5, 5.41) is 11.2. The minimum atomic E-state index is -0.896. The van der Waals surface area contributed by atoms with Gasteiger partial charge in [0.25, 0.3) is 0 Å². The first kappa shape index (κ1) is 15.1. The van der Waals surface area contributed by atoms with Crippen molar-refractivity contribution < 1.29 is 5.11 Å². The third-order valence-electron chi connectivity index (χ3n) is 2.97. The molecular formula is C16H22N2OS. The second kappa shape index (κ2) is 6.02. The molecule has 0 aliphatic rings. The summed E-state index contributed by atoms with van der Waals surface area (Å²) in [7, 11) is 0. The van der Waals surface area contributed by atoms with Crippen LogP contribution < -0.4 is 0 Å². The fourth-order valence-corrected chi connectivity index (χ4v) is 3.12. The van der Waals surface area contributed by atoms with Crippen LogP contribution in [0.4, 0.5) is 0 Å². The van der Waals surface area contributed by atoms with Crippen molar-refractivity contribution in [3.8, 4) is 0 Å². The van der Waals surface area contributed by atoms with E-state index in [9.17, 15) is 5.11 Å². The zero-order valence-corrected chi connectivity index (χ0v) is 13.4. The van der Waals surface area contributed by atoms with Crippen LogP contribution in [0.1, 0.15) is 49.0 Å². The van der Waals surface area contributed by atoms with Crippen molar-refractivity contribution in [2.45, 2.75) is 46.1 Å². The predicted molar refractivity (Wildman–Crippen MR) is 82.9 cm³/mol. The van der Waals surface area contributed by atoms with Gasteiger partial charge in [-0.2, -0.15) is 0 Å². The number of hydrogen-bond donors (Lipinski definition) is 1. The Labute approximate surface area is 124 Å². The lowest BCUT2D eigenvalue weighted by atomic mass is 10.0. The molecule has 0 amide bonds. The summed E-state index contributed by atoms with van der Waals surface area (Å²) < 4.78 is 0. The Hall–Kier alpha value is -1.26. The van der Waals surface area contributed by atoms with Crippen molar-refractivity contribution in [3.63, 3.8) is 0 Å². The monoisotopic (exact) mass is 290 g/mol. The summed E-state index contributed by atoms with van der Waals surface area (Å²) >= 11 is 1.76. The maximum Gasteiger partial charge on any atom is 0.101 e. The Bertz CT molecular complexity index is 570. The molecule has 0 aliphatic heterocycles. The molecule has 0 unspecified atom stereocenters. The van der Waals surface area contributed by atoms with E-state index in [1.807, 2.05) is 24.4 Å². The smallest absolute Gasteiger partial charge is 0.101 e. The van der Waals surface area contributed by atoms with Gasteiger partial charge in [0.2, 0.25) is 0 Å². The highest BCUT2D eigenvalue weighted by molar-refractivity contribution is 7.11. The van der Waals surface area contributed by atoms with Crippen molar-refractivity contribution in [2.75, 3.05) is 0 Å². The number of hydrogen-bond acceptors (Lipinski definition) is 4. The maximum absolute atomic E-state index is 10.0. The molecular weight excluding hydrogens is 268 g/mol. The normalized spacial score (nSPS) is 12.1. The van der Waals surface area contributed by atoms with E-state index >= 15 is 0 Å². The summed E-state index contributed by atoms with van der Waals surface area (Å²) in [4.78, 5) is 10.2. The summed E-state index contributed by atoms with van der Waals surface area (Å²) in [6, 6.07) is 5.81. The summed E-state index contributed by atoms with van der Waals surface area (Å²) in [5.41, 5.74) is 0.790. The summed E-state index contributed by atoms with van der Waals surface area (Å²) in [5.74, 6) is 0.630. The minimum absolute atomic E-state index is 0.630. The van der Waals surface area contributed by atoms with E-state index in [4.69, 9.17) is 0 Å². The van der Waals surface area contributed by atoms with Crippen LogP contribution in [0.25, 0.3) is 0 Å². The lowest BCUT2D eigenvalue weighted by Gasteiger charge is -2.16. The van der Waals surface area contributed by atoms with Crippen LogP contribution in [0.2, 0.25) is 0 Å². The molecule has 0 bridgehead atoms. The maximum atomic E-state index is 10.0. The van der Waals surface area contributed by atoms with Crippen LogP contribution in [-0.4, -0.2) is 15.1 Å². The first-order chi connectivity index (χ1) is 9.34. The Balaban J connectivity index is 2.12. The van der Waals surface area contributed by atoms with E-state index in [2.05, 4.69) is 23.8 Å². The largest absolute Gasteiger partial charge is 0.384 e. The first-order valence-electron chi connectivity index (χ1n) is 6.97. The fraction of sp³-hybridized carbons (Fsp3) is 0.500. The molecule has 0 aromatic carbocycles. The molecule has 2 heterocycles. The van der Waals surface area contributed by atoms with Crippen molar-refractivity contribution in [3.05, 3.63) is 45.7 Å². The second-order valence-corrected chi connectivity index (χ2v) is 7.27. The Morgan fingerprint density at radius 1 is 1.30 bits per heavy atom. The van der Waals surface area contributed by atoms with Crippen molar-refractivity contribution in [1.82, 2.24) is 9.97 Å². The van der Waals surface area contributed by atoms with Gasteiger partial charge >= 0.3 is 0 Å². The van der Waals surface area contributed by atoms with Crippen molar-refractivity contribution >= 4 is 11.3 Å². The average Bonchev–Trinajstić information content (AvgIpc) is 2.75. The highest BCUT2D eigenvalue weighted by atomic mass is 32.1. The molecule has 4 heteroatoms. The van der Waals surface area contributed by atoms with Gasteiger partial charge in [0.05, 0.1) is 10.7 Å². The van der Waals surface area contributed by atoms with Crippen LogP contribution in [0.3, 0.4) is 0 Å². The van der Waals surface area contributed by atoms with Gasteiger partial charge < -0.3 is 5.11 Å². The van der Waals surface area contributed by atoms with Crippen LogP contribution in [0.5, 0.6) is 0 Å². The topological polar surface area (TPSA) is 46.0 Å². The number of thiazole rings is 1. The molecule has 108 valence electrons. The number of rotatable bonds is 5. The van der Waals surface area contributed by atoms with Crippen molar-refractivity contribution in [2.24, 2.45) is 5.92 Å². The molecule has 0 spiro atoms.